The third kappa shape index (κ3) is 7.54. The van der Waals surface area contributed by atoms with E-state index in [9.17, 15) is 13.2 Å². The molecule has 0 radical (unpaired) electrons. The zero-order valence-electron chi connectivity index (χ0n) is 18.6. The molecule has 0 atom stereocenters. The van der Waals surface area contributed by atoms with Gasteiger partial charge in [0.05, 0.1) is 16.5 Å². The second kappa shape index (κ2) is 12.3. The Morgan fingerprint density at radius 1 is 0.576 bits per heavy atom. The first-order valence-corrected chi connectivity index (χ1v) is 12.3. The van der Waals surface area contributed by atoms with Gasteiger partial charge < -0.3 is 0 Å². The molecular weight excluding hydrogens is 437 g/mol. The summed E-state index contributed by atoms with van der Waals surface area (Å²) in [6.07, 6.45) is -0.509. The van der Waals surface area contributed by atoms with E-state index in [4.69, 9.17) is 0 Å². The Kier molecular flexibility index (Phi) is 9.20. The predicted octanol–water partition coefficient (Wildman–Crippen LogP) is 8.83. The topological polar surface area (TPSA) is 0 Å². The fourth-order valence-electron chi connectivity index (χ4n) is 3.32. The molecule has 4 heteroatoms. The van der Waals surface area contributed by atoms with Gasteiger partial charge in [-0.2, -0.15) is 13.2 Å². The van der Waals surface area contributed by atoms with E-state index in [1.54, 1.807) is 6.07 Å². The first-order valence-electron chi connectivity index (χ1n) is 11.0. The standard InChI is InChI=1S/C22H23S.C7H5F3/c1-2-3-10-19-15-17-22(18-16-19)23(20-11-6-4-7-12-20)21-13-8-5-9-14-21;8-7(9,10)6-4-2-1-3-5-6/h4-9,11-18H,2-3,10H2,1H3;1-5H/q+1;. The molecule has 170 valence electrons. The maximum absolute atomic E-state index is 11.8. The maximum Gasteiger partial charge on any atom is 0.416 e. The number of hydrogen-bond donors (Lipinski definition) is 0. The van der Waals surface area contributed by atoms with Crippen LogP contribution in [-0.4, -0.2) is 0 Å². The molecular formula is C29H28F3S+. The van der Waals surface area contributed by atoms with Crippen molar-refractivity contribution >= 4 is 10.9 Å². The van der Waals surface area contributed by atoms with E-state index in [2.05, 4.69) is 91.9 Å². The van der Waals surface area contributed by atoms with Crippen LogP contribution in [0.15, 0.2) is 130 Å². The van der Waals surface area contributed by atoms with Crippen molar-refractivity contribution in [3.63, 3.8) is 0 Å². The van der Waals surface area contributed by atoms with Crippen LogP contribution in [0.3, 0.4) is 0 Å². The second-order valence-electron chi connectivity index (χ2n) is 7.54. The highest BCUT2D eigenvalue weighted by Crippen LogP contribution is 2.31. The lowest BCUT2D eigenvalue weighted by Gasteiger charge is -2.08. The molecule has 0 saturated heterocycles. The molecule has 0 heterocycles. The fraction of sp³-hybridized carbons (Fsp3) is 0.172. The van der Waals surface area contributed by atoms with Crippen molar-refractivity contribution in [2.24, 2.45) is 0 Å². The van der Waals surface area contributed by atoms with Gasteiger partial charge in [-0.1, -0.05) is 92.2 Å². The van der Waals surface area contributed by atoms with Gasteiger partial charge in [-0.05, 0) is 54.8 Å². The third-order valence-electron chi connectivity index (χ3n) is 5.04. The van der Waals surface area contributed by atoms with Crippen LogP contribution in [-0.2, 0) is 23.5 Å². The highest BCUT2D eigenvalue weighted by molar-refractivity contribution is 7.97. The van der Waals surface area contributed by atoms with E-state index in [1.807, 2.05) is 0 Å². The van der Waals surface area contributed by atoms with Gasteiger partial charge in [-0.3, -0.25) is 0 Å². The summed E-state index contributed by atoms with van der Waals surface area (Å²) >= 11 is 0. The number of benzene rings is 4. The molecule has 33 heavy (non-hydrogen) atoms. The normalized spacial score (nSPS) is 11.1. The van der Waals surface area contributed by atoms with Crippen LogP contribution in [0.2, 0.25) is 0 Å². The van der Waals surface area contributed by atoms with Gasteiger partial charge in [-0.15, -0.1) is 0 Å². The van der Waals surface area contributed by atoms with Gasteiger partial charge in [0.1, 0.15) is 0 Å². The molecule has 0 aliphatic heterocycles. The Morgan fingerprint density at radius 2 is 1.00 bits per heavy atom. The first kappa shape index (κ1) is 24.7. The number of unbranched alkanes of at least 4 members (excludes halogenated alkanes) is 1. The first-order chi connectivity index (χ1) is 16.0. The fourth-order valence-corrected chi connectivity index (χ4v) is 5.40. The van der Waals surface area contributed by atoms with E-state index in [0.717, 1.165) is 12.1 Å². The molecule has 0 fully saturated rings. The summed E-state index contributed by atoms with van der Waals surface area (Å²) < 4.78 is 35.4. The summed E-state index contributed by atoms with van der Waals surface area (Å²) in [5.74, 6) is 0. The summed E-state index contributed by atoms with van der Waals surface area (Å²) in [4.78, 5) is 4.14. The minimum absolute atomic E-state index is 0.0286. The average Bonchev–Trinajstić information content (AvgIpc) is 2.85. The molecule has 0 bridgehead atoms. The van der Waals surface area contributed by atoms with E-state index < -0.39 is 11.7 Å². The lowest BCUT2D eigenvalue weighted by atomic mass is 10.1. The van der Waals surface area contributed by atoms with E-state index in [1.165, 1.54) is 51.6 Å². The van der Waals surface area contributed by atoms with Crippen molar-refractivity contribution in [2.75, 3.05) is 0 Å². The average molecular weight is 466 g/mol. The number of hydrogen-bond acceptors (Lipinski definition) is 0. The lowest BCUT2D eigenvalue weighted by molar-refractivity contribution is -0.137. The summed E-state index contributed by atoms with van der Waals surface area (Å²) in [6.45, 7) is 2.25. The molecule has 0 nitrogen and oxygen atoms in total. The van der Waals surface area contributed by atoms with Crippen molar-refractivity contribution < 1.29 is 13.2 Å². The SMILES string of the molecule is CCCCc1ccc([S+](c2ccccc2)c2ccccc2)cc1.FC(F)(F)c1ccccc1. The van der Waals surface area contributed by atoms with E-state index >= 15 is 0 Å². The van der Waals surface area contributed by atoms with Crippen LogP contribution in [0.25, 0.3) is 0 Å². The van der Waals surface area contributed by atoms with Crippen molar-refractivity contribution in [1.82, 2.24) is 0 Å². The summed E-state index contributed by atoms with van der Waals surface area (Å²) in [5.41, 5.74) is 0.843. The minimum atomic E-state index is -4.21. The van der Waals surface area contributed by atoms with Crippen LogP contribution in [0.1, 0.15) is 30.9 Å². The molecule has 4 rings (SSSR count). The molecule has 0 saturated carbocycles. The van der Waals surface area contributed by atoms with Crippen LogP contribution < -0.4 is 0 Å². The molecule has 0 aliphatic carbocycles. The van der Waals surface area contributed by atoms with Gasteiger partial charge in [0.2, 0.25) is 0 Å². The second-order valence-corrected chi connectivity index (χ2v) is 9.57. The Labute approximate surface area is 197 Å². The van der Waals surface area contributed by atoms with Crippen molar-refractivity contribution in [1.29, 1.82) is 0 Å². The Morgan fingerprint density at radius 3 is 1.39 bits per heavy atom. The summed E-state index contributed by atoms with van der Waals surface area (Å²) in [7, 11) is -0.0286. The molecule has 4 aromatic carbocycles. The molecule has 0 unspecified atom stereocenters. The molecule has 0 spiro atoms. The van der Waals surface area contributed by atoms with Gasteiger partial charge in [0.15, 0.2) is 14.7 Å². The Bertz CT molecular complexity index is 1020. The highest BCUT2D eigenvalue weighted by atomic mass is 32.2. The van der Waals surface area contributed by atoms with Gasteiger partial charge in [-0.25, -0.2) is 0 Å². The van der Waals surface area contributed by atoms with Crippen LogP contribution in [0.5, 0.6) is 0 Å². The van der Waals surface area contributed by atoms with Gasteiger partial charge in [0, 0.05) is 0 Å². The van der Waals surface area contributed by atoms with Gasteiger partial charge in [0.25, 0.3) is 0 Å². The smallest absolute Gasteiger partial charge is 0.166 e. The van der Waals surface area contributed by atoms with Crippen LogP contribution in [0.4, 0.5) is 13.2 Å². The maximum atomic E-state index is 11.8. The monoisotopic (exact) mass is 465 g/mol. The summed E-state index contributed by atoms with van der Waals surface area (Å²) in [6, 6.07) is 37.2. The van der Waals surface area contributed by atoms with Crippen LogP contribution in [0, 0.1) is 0 Å². The van der Waals surface area contributed by atoms with E-state index in [-0.39, 0.29) is 10.9 Å². The number of aryl methyl sites for hydroxylation is 1. The molecule has 0 aliphatic rings. The minimum Gasteiger partial charge on any atom is -0.166 e. The molecule has 4 aromatic rings. The van der Waals surface area contributed by atoms with Crippen LogP contribution >= 0.6 is 0 Å². The molecule has 0 N–H and O–H groups in total. The number of rotatable bonds is 6. The highest BCUT2D eigenvalue weighted by Gasteiger charge is 2.29. The third-order valence-corrected chi connectivity index (χ3v) is 7.27. The Hall–Kier alpha value is -2.98. The molecule has 0 aromatic heterocycles. The van der Waals surface area contributed by atoms with Crippen molar-refractivity contribution in [2.45, 2.75) is 47.0 Å². The quantitative estimate of drug-likeness (QED) is 0.250. The molecule has 0 amide bonds. The van der Waals surface area contributed by atoms with E-state index in [0.29, 0.717) is 0 Å². The van der Waals surface area contributed by atoms with Gasteiger partial charge >= 0.3 is 6.18 Å². The lowest BCUT2D eigenvalue weighted by Crippen LogP contribution is -2.04. The summed E-state index contributed by atoms with van der Waals surface area (Å²) in [5, 5.41) is 0. The number of halogens is 3. The van der Waals surface area contributed by atoms with Crippen molar-refractivity contribution in [3.8, 4) is 0 Å². The number of alkyl halides is 3. The zero-order valence-corrected chi connectivity index (χ0v) is 19.4. The predicted molar refractivity (Wildman–Crippen MR) is 132 cm³/mol. The van der Waals surface area contributed by atoms with Crippen molar-refractivity contribution in [3.05, 3.63) is 126 Å². The Balaban J connectivity index is 0.000000257. The zero-order chi connectivity index (χ0) is 23.5. The largest absolute Gasteiger partial charge is 0.416 e.